The van der Waals surface area contributed by atoms with Gasteiger partial charge in [0.05, 0.1) is 5.69 Å². The molecule has 2 aromatic carbocycles. The molecule has 0 saturated carbocycles. The average molecular weight is 338 g/mol. The lowest BCUT2D eigenvalue weighted by Gasteiger charge is -2.28. The number of hydrogen-bond donors (Lipinski definition) is 1. The number of nitrogens with one attached hydrogen (secondary N) is 1. The topological polar surface area (TPSA) is 32.3 Å². The minimum absolute atomic E-state index is 0.105. The lowest BCUT2D eigenvalue weighted by Crippen LogP contribution is -2.33. The monoisotopic (exact) mass is 338 g/mol. The highest BCUT2D eigenvalue weighted by molar-refractivity contribution is 6.02. The Labute approximate surface area is 152 Å². The number of benzene rings is 2. The van der Waals surface area contributed by atoms with E-state index in [0.29, 0.717) is 11.8 Å². The molecule has 0 heterocycles. The third-order valence-corrected chi connectivity index (χ3v) is 5.05. The third-order valence-electron chi connectivity index (χ3n) is 5.05. The Kier molecular flexibility index (Phi) is 6.63. The fourth-order valence-electron chi connectivity index (χ4n) is 3.03. The zero-order chi connectivity index (χ0) is 18.4. The van der Waals surface area contributed by atoms with Crippen LogP contribution in [0.1, 0.15) is 63.5 Å². The van der Waals surface area contributed by atoms with Gasteiger partial charge in [0, 0.05) is 12.7 Å². The van der Waals surface area contributed by atoms with Gasteiger partial charge in [-0.15, -0.1) is 0 Å². The second-order valence-corrected chi connectivity index (χ2v) is 6.76. The Hall–Kier alpha value is -2.29. The van der Waals surface area contributed by atoms with Gasteiger partial charge in [-0.3, -0.25) is 4.90 Å². The molecule has 3 nitrogen and oxygen atoms in total. The van der Waals surface area contributed by atoms with Crippen LogP contribution >= 0.6 is 0 Å². The lowest BCUT2D eigenvalue weighted by atomic mass is 9.88. The summed E-state index contributed by atoms with van der Waals surface area (Å²) in [5, 5.41) is 3.00. The van der Waals surface area contributed by atoms with Crippen molar-refractivity contribution < 1.29 is 4.79 Å². The van der Waals surface area contributed by atoms with E-state index in [0.717, 1.165) is 24.2 Å². The Morgan fingerprint density at radius 2 is 1.44 bits per heavy atom. The van der Waals surface area contributed by atoms with E-state index in [1.807, 2.05) is 37.4 Å². The van der Waals surface area contributed by atoms with Crippen molar-refractivity contribution in [3.63, 3.8) is 0 Å². The molecule has 0 radical (unpaired) electrons. The van der Waals surface area contributed by atoms with Gasteiger partial charge in [0.1, 0.15) is 0 Å². The molecule has 25 heavy (non-hydrogen) atoms. The molecule has 0 aliphatic carbocycles. The van der Waals surface area contributed by atoms with E-state index in [-0.39, 0.29) is 6.03 Å². The number of carbonyl (C=O) groups excluding carboxylic acids is 1. The Balaban J connectivity index is 2.41. The second-order valence-electron chi connectivity index (χ2n) is 6.76. The molecule has 2 aromatic rings. The SMILES string of the molecule is CCC(C)c1cccc(C(C)CC)c1N(C)C(=O)Nc1ccccc1. The van der Waals surface area contributed by atoms with Crippen molar-refractivity contribution in [2.45, 2.75) is 52.4 Å². The maximum Gasteiger partial charge on any atom is 0.326 e. The fraction of sp³-hybridized carbons (Fsp3) is 0.409. The van der Waals surface area contributed by atoms with Crippen molar-refractivity contribution in [1.82, 2.24) is 0 Å². The molecule has 0 spiro atoms. The summed E-state index contributed by atoms with van der Waals surface area (Å²) in [6.45, 7) is 8.83. The molecular formula is C22H30N2O. The van der Waals surface area contributed by atoms with Crippen LogP contribution in [0.4, 0.5) is 16.2 Å². The largest absolute Gasteiger partial charge is 0.326 e. The van der Waals surface area contributed by atoms with Gasteiger partial charge in [-0.05, 0) is 47.9 Å². The van der Waals surface area contributed by atoms with E-state index < -0.39 is 0 Å². The molecular weight excluding hydrogens is 308 g/mol. The summed E-state index contributed by atoms with van der Waals surface area (Å²) in [6, 6.07) is 15.9. The third kappa shape index (κ3) is 4.41. The molecule has 0 aliphatic heterocycles. The molecule has 134 valence electrons. The van der Waals surface area contributed by atoms with E-state index in [9.17, 15) is 4.79 Å². The van der Waals surface area contributed by atoms with Crippen molar-refractivity contribution in [2.75, 3.05) is 17.3 Å². The van der Waals surface area contributed by atoms with Gasteiger partial charge in [0.15, 0.2) is 0 Å². The Morgan fingerprint density at radius 1 is 0.920 bits per heavy atom. The van der Waals surface area contributed by atoms with Gasteiger partial charge in [0.25, 0.3) is 0 Å². The van der Waals surface area contributed by atoms with Crippen LogP contribution in [0.15, 0.2) is 48.5 Å². The highest BCUT2D eigenvalue weighted by Gasteiger charge is 2.22. The number of hydrogen-bond acceptors (Lipinski definition) is 1. The van der Waals surface area contributed by atoms with Crippen LogP contribution in [-0.2, 0) is 0 Å². The summed E-state index contributed by atoms with van der Waals surface area (Å²) in [6.07, 6.45) is 2.09. The van der Waals surface area contributed by atoms with Crippen LogP contribution in [0, 0.1) is 0 Å². The van der Waals surface area contributed by atoms with Crippen LogP contribution < -0.4 is 10.2 Å². The number of carbonyl (C=O) groups is 1. The van der Waals surface area contributed by atoms with E-state index >= 15 is 0 Å². The van der Waals surface area contributed by atoms with E-state index in [1.165, 1.54) is 11.1 Å². The molecule has 2 atom stereocenters. The molecule has 2 amide bonds. The molecule has 2 unspecified atom stereocenters. The van der Waals surface area contributed by atoms with Gasteiger partial charge in [-0.2, -0.15) is 0 Å². The minimum atomic E-state index is -0.105. The first-order chi connectivity index (χ1) is 12.0. The number of nitrogens with zero attached hydrogens (tertiary/aromatic N) is 1. The van der Waals surface area contributed by atoms with Crippen LogP contribution in [0.2, 0.25) is 0 Å². The first-order valence-electron chi connectivity index (χ1n) is 9.22. The molecule has 0 fully saturated rings. The van der Waals surface area contributed by atoms with Crippen LogP contribution in [0.5, 0.6) is 0 Å². The van der Waals surface area contributed by atoms with Crippen molar-refractivity contribution in [3.05, 3.63) is 59.7 Å². The maximum atomic E-state index is 12.9. The van der Waals surface area contributed by atoms with E-state index in [1.54, 1.807) is 4.90 Å². The minimum Gasteiger partial charge on any atom is -0.308 e. The standard InChI is InChI=1S/C22H30N2O/c1-6-16(3)19-14-11-15-20(17(4)7-2)21(19)24(5)22(25)23-18-12-9-8-10-13-18/h8-17H,6-7H2,1-5H3,(H,23,25). The summed E-state index contributed by atoms with van der Waals surface area (Å²) < 4.78 is 0. The average Bonchev–Trinajstić information content (AvgIpc) is 2.66. The van der Waals surface area contributed by atoms with Crippen molar-refractivity contribution in [3.8, 4) is 0 Å². The summed E-state index contributed by atoms with van der Waals surface area (Å²) in [7, 11) is 1.87. The first-order valence-corrected chi connectivity index (χ1v) is 9.22. The molecule has 2 rings (SSSR count). The molecule has 0 bridgehead atoms. The van der Waals surface area contributed by atoms with Gasteiger partial charge in [0.2, 0.25) is 0 Å². The van der Waals surface area contributed by atoms with Gasteiger partial charge < -0.3 is 5.32 Å². The summed E-state index contributed by atoms with van der Waals surface area (Å²) in [5.74, 6) is 0.817. The summed E-state index contributed by atoms with van der Waals surface area (Å²) in [5.41, 5.74) is 4.35. The Morgan fingerprint density at radius 3 is 1.92 bits per heavy atom. The van der Waals surface area contributed by atoms with Crippen molar-refractivity contribution in [2.24, 2.45) is 0 Å². The molecule has 0 aromatic heterocycles. The van der Waals surface area contributed by atoms with Crippen LogP contribution in [0.25, 0.3) is 0 Å². The lowest BCUT2D eigenvalue weighted by molar-refractivity contribution is 0.258. The summed E-state index contributed by atoms with van der Waals surface area (Å²) in [4.78, 5) is 14.6. The Bertz CT molecular complexity index is 668. The first kappa shape index (κ1) is 19.0. The zero-order valence-corrected chi connectivity index (χ0v) is 16.0. The predicted octanol–water partition coefficient (Wildman–Crippen LogP) is 6.38. The molecule has 0 aliphatic rings. The van der Waals surface area contributed by atoms with Crippen LogP contribution in [-0.4, -0.2) is 13.1 Å². The fourth-order valence-corrected chi connectivity index (χ4v) is 3.03. The van der Waals surface area contributed by atoms with Gasteiger partial charge in [-0.1, -0.05) is 64.1 Å². The van der Waals surface area contributed by atoms with Crippen LogP contribution in [0.3, 0.4) is 0 Å². The molecule has 0 saturated heterocycles. The van der Waals surface area contributed by atoms with Gasteiger partial charge in [-0.25, -0.2) is 4.79 Å². The highest BCUT2D eigenvalue weighted by Crippen LogP contribution is 2.37. The second kappa shape index (κ2) is 8.70. The number of urea groups is 1. The van der Waals surface area contributed by atoms with Crippen molar-refractivity contribution in [1.29, 1.82) is 0 Å². The number of rotatable bonds is 6. The summed E-state index contributed by atoms with van der Waals surface area (Å²) >= 11 is 0. The molecule has 1 N–H and O–H groups in total. The highest BCUT2D eigenvalue weighted by atomic mass is 16.2. The smallest absolute Gasteiger partial charge is 0.308 e. The quantitative estimate of drug-likeness (QED) is 0.651. The maximum absolute atomic E-state index is 12.9. The normalized spacial score (nSPS) is 13.2. The number of amides is 2. The van der Waals surface area contributed by atoms with Gasteiger partial charge >= 0.3 is 6.03 Å². The van der Waals surface area contributed by atoms with E-state index in [2.05, 4.69) is 51.2 Å². The van der Waals surface area contributed by atoms with Crippen molar-refractivity contribution >= 4 is 17.4 Å². The number of anilines is 2. The van der Waals surface area contributed by atoms with E-state index in [4.69, 9.17) is 0 Å². The zero-order valence-electron chi connectivity index (χ0n) is 16.0. The number of para-hydroxylation sites is 2. The molecule has 3 heteroatoms. The predicted molar refractivity (Wildman–Crippen MR) is 108 cm³/mol.